The van der Waals surface area contributed by atoms with Crippen LogP contribution in [-0.2, 0) is 16.1 Å². The molecule has 1 fully saturated rings. The third-order valence-corrected chi connectivity index (χ3v) is 4.05. The Labute approximate surface area is 124 Å². The summed E-state index contributed by atoms with van der Waals surface area (Å²) in [4.78, 5) is 23.4. The number of carboxylic acid groups (broad SMARTS) is 1. The van der Waals surface area contributed by atoms with Gasteiger partial charge in [-0.2, -0.15) is 0 Å². The van der Waals surface area contributed by atoms with Gasteiger partial charge in [-0.1, -0.05) is 25.0 Å². The van der Waals surface area contributed by atoms with E-state index < -0.39 is 17.8 Å². The standard InChI is InChI=1S/C16H21NO4/c1-21-12-8-6-11(7-9-12)10-17-15(18)13-4-2-3-5-14(13)16(19)20/h6-9,13-14H,2-5,10H2,1H3,(H,17,18)(H,19,20)/t13-,14+/m0/s1. The summed E-state index contributed by atoms with van der Waals surface area (Å²) < 4.78 is 5.08. The number of hydrogen-bond acceptors (Lipinski definition) is 3. The van der Waals surface area contributed by atoms with Crippen LogP contribution in [0, 0.1) is 11.8 Å². The molecule has 5 heteroatoms. The fraction of sp³-hybridized carbons (Fsp3) is 0.500. The van der Waals surface area contributed by atoms with E-state index in [0.29, 0.717) is 19.4 Å². The predicted octanol–water partition coefficient (Wildman–Crippen LogP) is 2.20. The number of amides is 1. The molecule has 1 aliphatic carbocycles. The van der Waals surface area contributed by atoms with Gasteiger partial charge in [0, 0.05) is 6.54 Å². The molecule has 5 nitrogen and oxygen atoms in total. The minimum Gasteiger partial charge on any atom is -0.497 e. The molecular weight excluding hydrogens is 270 g/mol. The van der Waals surface area contributed by atoms with Gasteiger partial charge in [-0.25, -0.2) is 0 Å². The Kier molecular flexibility index (Phi) is 5.20. The maximum Gasteiger partial charge on any atom is 0.307 e. The number of methoxy groups -OCH3 is 1. The van der Waals surface area contributed by atoms with Gasteiger partial charge >= 0.3 is 5.97 Å². The molecule has 2 atom stereocenters. The van der Waals surface area contributed by atoms with E-state index in [2.05, 4.69) is 5.32 Å². The maximum atomic E-state index is 12.2. The lowest BCUT2D eigenvalue weighted by atomic mass is 9.78. The molecule has 1 saturated carbocycles. The summed E-state index contributed by atoms with van der Waals surface area (Å²) in [7, 11) is 1.60. The SMILES string of the molecule is COc1ccc(CNC(=O)[C@H]2CCCC[C@H]2C(=O)O)cc1. The van der Waals surface area contributed by atoms with Crippen molar-refractivity contribution in [2.75, 3.05) is 7.11 Å². The zero-order valence-electron chi connectivity index (χ0n) is 12.2. The van der Waals surface area contributed by atoms with E-state index in [4.69, 9.17) is 4.74 Å². The Morgan fingerprint density at radius 3 is 2.38 bits per heavy atom. The highest BCUT2D eigenvalue weighted by molar-refractivity contribution is 5.84. The molecule has 0 radical (unpaired) electrons. The van der Waals surface area contributed by atoms with E-state index in [1.807, 2.05) is 24.3 Å². The highest BCUT2D eigenvalue weighted by atomic mass is 16.5. The Bertz CT molecular complexity index is 498. The van der Waals surface area contributed by atoms with Crippen LogP contribution in [-0.4, -0.2) is 24.1 Å². The number of hydrogen-bond donors (Lipinski definition) is 2. The molecule has 0 saturated heterocycles. The summed E-state index contributed by atoms with van der Waals surface area (Å²) >= 11 is 0. The molecule has 0 aromatic heterocycles. The summed E-state index contributed by atoms with van der Waals surface area (Å²) in [5, 5.41) is 12.1. The lowest BCUT2D eigenvalue weighted by Crippen LogP contribution is -2.39. The van der Waals surface area contributed by atoms with Crippen molar-refractivity contribution in [3.63, 3.8) is 0 Å². The fourth-order valence-corrected chi connectivity index (χ4v) is 2.80. The molecule has 1 aromatic carbocycles. The lowest BCUT2D eigenvalue weighted by Gasteiger charge is -2.27. The van der Waals surface area contributed by atoms with Gasteiger partial charge in [0.15, 0.2) is 0 Å². The number of carbonyl (C=O) groups is 2. The van der Waals surface area contributed by atoms with Gasteiger partial charge in [0.1, 0.15) is 5.75 Å². The van der Waals surface area contributed by atoms with Crippen LogP contribution < -0.4 is 10.1 Å². The number of rotatable bonds is 5. The predicted molar refractivity (Wildman–Crippen MR) is 77.9 cm³/mol. The summed E-state index contributed by atoms with van der Waals surface area (Å²) in [5.41, 5.74) is 0.965. The fourth-order valence-electron chi connectivity index (χ4n) is 2.80. The Balaban J connectivity index is 1.91. The van der Waals surface area contributed by atoms with E-state index in [1.54, 1.807) is 7.11 Å². The molecule has 114 valence electrons. The van der Waals surface area contributed by atoms with Crippen LogP contribution in [0.15, 0.2) is 24.3 Å². The van der Waals surface area contributed by atoms with E-state index in [9.17, 15) is 14.7 Å². The maximum absolute atomic E-state index is 12.2. The third kappa shape index (κ3) is 3.97. The molecule has 1 amide bonds. The second-order valence-electron chi connectivity index (χ2n) is 5.40. The molecule has 2 rings (SSSR count). The van der Waals surface area contributed by atoms with Gasteiger partial charge in [-0.05, 0) is 30.5 Å². The molecule has 1 aliphatic rings. The zero-order chi connectivity index (χ0) is 15.2. The van der Waals surface area contributed by atoms with Crippen LogP contribution >= 0.6 is 0 Å². The summed E-state index contributed by atoms with van der Waals surface area (Å²) in [6, 6.07) is 7.44. The van der Waals surface area contributed by atoms with Crippen molar-refractivity contribution in [3.8, 4) is 5.75 Å². The minimum atomic E-state index is -0.862. The minimum absolute atomic E-state index is 0.155. The van der Waals surface area contributed by atoms with Crippen molar-refractivity contribution in [3.05, 3.63) is 29.8 Å². The average molecular weight is 291 g/mol. The molecule has 2 N–H and O–H groups in total. The number of benzene rings is 1. The van der Waals surface area contributed by atoms with Crippen molar-refractivity contribution in [2.24, 2.45) is 11.8 Å². The number of carboxylic acids is 1. The first kappa shape index (κ1) is 15.4. The van der Waals surface area contributed by atoms with Crippen LogP contribution in [0.25, 0.3) is 0 Å². The normalized spacial score (nSPS) is 21.6. The Morgan fingerprint density at radius 1 is 1.19 bits per heavy atom. The van der Waals surface area contributed by atoms with Gasteiger partial charge in [-0.3, -0.25) is 9.59 Å². The molecule has 0 heterocycles. The largest absolute Gasteiger partial charge is 0.497 e. The van der Waals surface area contributed by atoms with Gasteiger partial charge in [0.2, 0.25) is 5.91 Å². The zero-order valence-corrected chi connectivity index (χ0v) is 12.2. The van der Waals surface area contributed by atoms with Crippen molar-refractivity contribution < 1.29 is 19.4 Å². The van der Waals surface area contributed by atoms with Crippen molar-refractivity contribution >= 4 is 11.9 Å². The molecule has 0 bridgehead atoms. The molecule has 0 unspecified atom stereocenters. The van der Waals surface area contributed by atoms with E-state index in [0.717, 1.165) is 24.2 Å². The van der Waals surface area contributed by atoms with Gasteiger partial charge < -0.3 is 15.2 Å². The van der Waals surface area contributed by atoms with E-state index in [1.165, 1.54) is 0 Å². The summed E-state index contributed by atoms with van der Waals surface area (Å²) in [6.45, 7) is 0.408. The Hall–Kier alpha value is -2.04. The number of carbonyl (C=O) groups excluding carboxylic acids is 1. The lowest BCUT2D eigenvalue weighted by molar-refractivity contribution is -0.148. The monoisotopic (exact) mass is 291 g/mol. The van der Waals surface area contributed by atoms with Crippen molar-refractivity contribution in [1.29, 1.82) is 0 Å². The topological polar surface area (TPSA) is 75.6 Å². The molecule has 21 heavy (non-hydrogen) atoms. The third-order valence-electron chi connectivity index (χ3n) is 4.05. The number of nitrogens with one attached hydrogen (secondary N) is 1. The summed E-state index contributed by atoms with van der Waals surface area (Å²) in [5.74, 6) is -1.20. The first-order chi connectivity index (χ1) is 10.1. The van der Waals surface area contributed by atoms with E-state index in [-0.39, 0.29) is 5.91 Å². The molecular formula is C16H21NO4. The van der Waals surface area contributed by atoms with Crippen LogP contribution in [0.1, 0.15) is 31.2 Å². The van der Waals surface area contributed by atoms with Gasteiger partial charge in [0.25, 0.3) is 0 Å². The van der Waals surface area contributed by atoms with Crippen molar-refractivity contribution in [2.45, 2.75) is 32.2 Å². The smallest absolute Gasteiger partial charge is 0.307 e. The van der Waals surface area contributed by atoms with Crippen LogP contribution in [0.3, 0.4) is 0 Å². The first-order valence-corrected chi connectivity index (χ1v) is 7.25. The van der Waals surface area contributed by atoms with Crippen molar-refractivity contribution in [1.82, 2.24) is 5.32 Å². The molecule has 0 aliphatic heterocycles. The summed E-state index contributed by atoms with van der Waals surface area (Å²) in [6.07, 6.45) is 3.06. The average Bonchev–Trinajstić information content (AvgIpc) is 2.53. The van der Waals surface area contributed by atoms with Crippen LogP contribution in [0.2, 0.25) is 0 Å². The second-order valence-corrected chi connectivity index (χ2v) is 5.40. The highest BCUT2D eigenvalue weighted by Crippen LogP contribution is 2.30. The highest BCUT2D eigenvalue weighted by Gasteiger charge is 2.35. The first-order valence-electron chi connectivity index (χ1n) is 7.25. The van der Waals surface area contributed by atoms with E-state index >= 15 is 0 Å². The molecule has 1 aromatic rings. The van der Waals surface area contributed by atoms with Gasteiger partial charge in [-0.15, -0.1) is 0 Å². The molecule has 0 spiro atoms. The van der Waals surface area contributed by atoms with Crippen LogP contribution in [0.5, 0.6) is 5.75 Å². The number of ether oxygens (including phenoxy) is 1. The number of aliphatic carboxylic acids is 1. The second kappa shape index (κ2) is 7.11. The quantitative estimate of drug-likeness (QED) is 0.872. The van der Waals surface area contributed by atoms with Crippen LogP contribution in [0.4, 0.5) is 0 Å². The van der Waals surface area contributed by atoms with Gasteiger partial charge in [0.05, 0.1) is 18.9 Å². The Morgan fingerprint density at radius 2 is 1.81 bits per heavy atom.